The van der Waals surface area contributed by atoms with Crippen molar-refractivity contribution in [3.05, 3.63) is 24.3 Å². The van der Waals surface area contributed by atoms with Gasteiger partial charge in [0.05, 0.1) is 10.6 Å². The Balaban J connectivity index is 0.00000312. The Labute approximate surface area is 155 Å². The monoisotopic (exact) mass is 412 g/mol. The van der Waals surface area contributed by atoms with E-state index in [9.17, 15) is 16.8 Å². The van der Waals surface area contributed by atoms with E-state index in [1.807, 2.05) is 0 Å². The van der Waals surface area contributed by atoms with E-state index < -0.39 is 19.9 Å². The molecule has 144 valence electrons. The summed E-state index contributed by atoms with van der Waals surface area (Å²) in [5, 5.41) is 0. The van der Waals surface area contributed by atoms with Crippen molar-refractivity contribution in [2.24, 2.45) is 11.7 Å². The zero-order valence-corrected chi connectivity index (χ0v) is 16.6. The maximum absolute atomic E-state index is 12.6. The molecule has 1 aromatic rings. The number of nitrogens with zero attached hydrogens (tertiary/aromatic N) is 1. The van der Waals surface area contributed by atoms with Gasteiger partial charge in [0, 0.05) is 18.8 Å². The smallest absolute Gasteiger partial charge is 0.243 e. The van der Waals surface area contributed by atoms with Crippen molar-refractivity contribution in [3.63, 3.8) is 0 Å². The lowest BCUT2D eigenvalue weighted by molar-refractivity contribution is 0.340. The van der Waals surface area contributed by atoms with Crippen molar-refractivity contribution in [3.8, 4) is 5.75 Å². The second kappa shape index (κ2) is 9.18. The molecule has 2 N–H and O–H groups in total. The quantitative estimate of drug-likeness (QED) is 0.679. The first kappa shape index (κ1) is 22.2. The highest BCUT2D eigenvalue weighted by Crippen LogP contribution is 2.25. The molecule has 0 aromatic heterocycles. The van der Waals surface area contributed by atoms with Crippen LogP contribution in [-0.4, -0.2) is 58.9 Å². The second-order valence-electron chi connectivity index (χ2n) is 5.81. The summed E-state index contributed by atoms with van der Waals surface area (Å²) in [7, 11) is -6.60. The van der Waals surface area contributed by atoms with Crippen molar-refractivity contribution in [2.45, 2.75) is 18.2 Å². The largest absolute Gasteiger partial charge is 0.493 e. The van der Waals surface area contributed by atoms with Crippen molar-refractivity contribution >= 4 is 32.3 Å². The maximum Gasteiger partial charge on any atom is 0.243 e. The first-order chi connectivity index (χ1) is 11.3. The van der Waals surface area contributed by atoms with Crippen LogP contribution in [0.4, 0.5) is 0 Å². The number of benzene rings is 1. The van der Waals surface area contributed by atoms with Gasteiger partial charge >= 0.3 is 0 Å². The van der Waals surface area contributed by atoms with Gasteiger partial charge in [0.25, 0.3) is 0 Å². The van der Waals surface area contributed by atoms with Crippen LogP contribution < -0.4 is 10.5 Å². The Morgan fingerprint density at radius 3 is 2.36 bits per heavy atom. The van der Waals surface area contributed by atoms with Gasteiger partial charge in [0.2, 0.25) is 10.0 Å². The molecular formula is C15H25ClN2O5S2. The van der Waals surface area contributed by atoms with Gasteiger partial charge in [0.1, 0.15) is 12.4 Å². The molecule has 0 spiro atoms. The van der Waals surface area contributed by atoms with Crippen LogP contribution in [0.2, 0.25) is 0 Å². The molecule has 0 saturated carbocycles. The van der Waals surface area contributed by atoms with Crippen molar-refractivity contribution in [1.29, 1.82) is 0 Å². The topological polar surface area (TPSA) is 107 Å². The third-order valence-electron chi connectivity index (χ3n) is 4.15. The summed E-state index contributed by atoms with van der Waals surface area (Å²) in [6.45, 7) is 3.05. The van der Waals surface area contributed by atoms with Gasteiger partial charge in [-0.25, -0.2) is 16.8 Å². The first-order valence-corrected chi connectivity index (χ1v) is 11.2. The highest BCUT2D eigenvalue weighted by Gasteiger charge is 2.31. The number of sulfone groups is 1. The molecule has 1 aliphatic rings. The minimum absolute atomic E-state index is 0. The summed E-state index contributed by atoms with van der Waals surface area (Å²) >= 11 is 0. The van der Waals surface area contributed by atoms with E-state index in [1.165, 1.54) is 16.4 Å². The molecule has 1 heterocycles. The van der Waals surface area contributed by atoms with Gasteiger partial charge in [-0.3, -0.25) is 0 Å². The third-order valence-corrected chi connectivity index (χ3v) is 7.69. The van der Waals surface area contributed by atoms with Crippen LogP contribution in [0.1, 0.15) is 13.3 Å². The molecule has 0 radical (unpaired) electrons. The van der Waals surface area contributed by atoms with E-state index in [2.05, 4.69) is 0 Å². The summed E-state index contributed by atoms with van der Waals surface area (Å²) in [5.41, 5.74) is 5.60. The van der Waals surface area contributed by atoms with Crippen molar-refractivity contribution < 1.29 is 21.6 Å². The van der Waals surface area contributed by atoms with Gasteiger partial charge in [-0.1, -0.05) is 6.92 Å². The van der Waals surface area contributed by atoms with E-state index in [0.29, 0.717) is 25.4 Å². The lowest BCUT2D eigenvalue weighted by Gasteiger charge is -2.16. The average molecular weight is 413 g/mol. The first-order valence-electron chi connectivity index (χ1n) is 7.92. The van der Waals surface area contributed by atoms with Gasteiger partial charge < -0.3 is 10.5 Å². The molecule has 1 aliphatic heterocycles. The van der Waals surface area contributed by atoms with Gasteiger partial charge in [-0.2, -0.15) is 4.31 Å². The zero-order chi connectivity index (χ0) is 17.8. The van der Waals surface area contributed by atoms with Crippen LogP contribution in [0.15, 0.2) is 29.2 Å². The molecule has 25 heavy (non-hydrogen) atoms. The number of halogens is 1. The molecule has 0 aliphatic carbocycles. The number of rotatable bonds is 8. The Morgan fingerprint density at radius 1 is 1.20 bits per heavy atom. The summed E-state index contributed by atoms with van der Waals surface area (Å²) in [4.78, 5) is 0.203. The van der Waals surface area contributed by atoms with Crippen LogP contribution in [0, 0.1) is 5.92 Å². The summed E-state index contributed by atoms with van der Waals surface area (Å²) < 4.78 is 54.7. The molecule has 1 aromatic carbocycles. The Kier molecular flexibility index (Phi) is 8.14. The summed E-state index contributed by atoms with van der Waals surface area (Å²) in [5.74, 6) is 0.676. The number of sulfonamides is 1. The van der Waals surface area contributed by atoms with Crippen LogP contribution in [-0.2, 0) is 19.9 Å². The molecule has 0 amide bonds. The van der Waals surface area contributed by atoms with E-state index >= 15 is 0 Å². The molecular weight excluding hydrogens is 388 g/mol. The minimum Gasteiger partial charge on any atom is -0.493 e. The normalized spacial score (nSPS) is 18.7. The molecule has 10 heteroatoms. The fourth-order valence-corrected chi connectivity index (χ4v) is 4.65. The molecule has 1 atom stereocenters. The summed E-state index contributed by atoms with van der Waals surface area (Å²) in [6, 6.07) is 6.05. The minimum atomic E-state index is -3.52. The number of hydrogen-bond acceptors (Lipinski definition) is 6. The van der Waals surface area contributed by atoms with Crippen molar-refractivity contribution in [2.75, 3.05) is 37.7 Å². The Bertz CT molecular complexity index is 751. The lowest BCUT2D eigenvalue weighted by atomic mass is 10.1. The van der Waals surface area contributed by atoms with Crippen LogP contribution >= 0.6 is 12.4 Å². The number of nitrogens with two attached hydrogens (primary N) is 1. The zero-order valence-electron chi connectivity index (χ0n) is 14.1. The van der Waals surface area contributed by atoms with Crippen molar-refractivity contribution in [1.82, 2.24) is 4.31 Å². The van der Waals surface area contributed by atoms with Gasteiger partial charge in [-0.05, 0) is 43.1 Å². The SMILES string of the molecule is CCS(=O)(=O)CCOc1ccc(S(=O)(=O)N2CCC(CN)C2)cc1.Cl. The van der Waals surface area contributed by atoms with Gasteiger partial charge in [0.15, 0.2) is 9.84 Å². The number of hydrogen-bond donors (Lipinski definition) is 1. The van der Waals surface area contributed by atoms with Crippen LogP contribution in [0.3, 0.4) is 0 Å². The average Bonchev–Trinajstić information content (AvgIpc) is 3.05. The summed E-state index contributed by atoms with van der Waals surface area (Å²) in [6.07, 6.45) is 0.781. The Morgan fingerprint density at radius 2 is 1.84 bits per heavy atom. The fraction of sp³-hybridized carbons (Fsp3) is 0.600. The highest BCUT2D eigenvalue weighted by molar-refractivity contribution is 7.91. The third kappa shape index (κ3) is 5.82. The molecule has 1 unspecified atom stereocenters. The van der Waals surface area contributed by atoms with E-state index in [0.717, 1.165) is 6.42 Å². The van der Waals surface area contributed by atoms with Crippen LogP contribution in [0.5, 0.6) is 5.75 Å². The molecule has 0 bridgehead atoms. The predicted octanol–water partition coefficient (Wildman–Crippen LogP) is 0.891. The van der Waals surface area contributed by atoms with Gasteiger partial charge in [-0.15, -0.1) is 12.4 Å². The van der Waals surface area contributed by atoms with E-state index in [4.69, 9.17) is 10.5 Å². The molecule has 7 nitrogen and oxygen atoms in total. The maximum atomic E-state index is 12.6. The predicted molar refractivity (Wildman–Crippen MR) is 99.4 cm³/mol. The lowest BCUT2D eigenvalue weighted by Crippen LogP contribution is -2.30. The standard InChI is InChI=1S/C15H24N2O5S2.ClH/c1-2-23(18,19)10-9-22-14-3-5-15(6-4-14)24(20,21)17-8-7-13(11-16)12-17;/h3-6,13H,2,7-12,16H2,1H3;1H. The number of ether oxygens (including phenoxy) is 1. The highest BCUT2D eigenvalue weighted by atomic mass is 35.5. The molecule has 1 fully saturated rings. The van der Waals surface area contributed by atoms with Crippen LogP contribution in [0.25, 0.3) is 0 Å². The fourth-order valence-electron chi connectivity index (χ4n) is 2.50. The molecule has 1 saturated heterocycles. The Hall–Kier alpha value is -0.870. The van der Waals surface area contributed by atoms with E-state index in [1.54, 1.807) is 19.1 Å². The van der Waals surface area contributed by atoms with E-state index in [-0.39, 0.29) is 41.3 Å². The molecule has 2 rings (SSSR count). The second-order valence-corrected chi connectivity index (χ2v) is 10.2.